The van der Waals surface area contributed by atoms with Crippen LogP contribution in [0.3, 0.4) is 0 Å². The zero-order valence-electron chi connectivity index (χ0n) is 22.4. The molecule has 3 heterocycles. The van der Waals surface area contributed by atoms with E-state index in [0.29, 0.717) is 40.1 Å². The minimum Gasteiger partial charge on any atom is -0.495 e. The van der Waals surface area contributed by atoms with Crippen molar-refractivity contribution in [2.24, 2.45) is 12.8 Å². The summed E-state index contributed by atoms with van der Waals surface area (Å²) < 4.78 is 7.47. The fraction of sp³-hybridized carbons (Fsp3) is 0.138. The highest BCUT2D eigenvalue weighted by Crippen LogP contribution is 2.33. The number of para-hydroxylation sites is 1. The molecule has 1 amide bonds. The molecule has 11 nitrogen and oxygen atoms in total. The monoisotopic (exact) mass is 533 g/mol. The van der Waals surface area contributed by atoms with Gasteiger partial charge in [-0.3, -0.25) is 9.48 Å². The third kappa shape index (κ3) is 4.33. The molecule has 0 fully saturated rings. The summed E-state index contributed by atoms with van der Waals surface area (Å²) in [5, 5.41) is 9.00. The predicted molar refractivity (Wildman–Crippen MR) is 155 cm³/mol. The third-order valence-corrected chi connectivity index (χ3v) is 6.98. The summed E-state index contributed by atoms with van der Waals surface area (Å²) in [5.41, 5.74) is 11.6. The molecular formula is C29H27N9O2. The highest BCUT2D eigenvalue weighted by molar-refractivity contribution is 6.04. The quantitative estimate of drug-likeness (QED) is 0.265. The van der Waals surface area contributed by atoms with Gasteiger partial charge in [-0.05, 0) is 61.5 Å². The fourth-order valence-electron chi connectivity index (χ4n) is 4.70. The van der Waals surface area contributed by atoms with Crippen LogP contribution in [0.1, 0.15) is 16.1 Å². The number of carbonyl (C=O) groups is 1. The van der Waals surface area contributed by atoms with Gasteiger partial charge in [0.1, 0.15) is 22.9 Å². The molecule has 40 heavy (non-hydrogen) atoms. The number of methoxy groups -OCH3 is 1. The highest BCUT2D eigenvalue weighted by atomic mass is 16.5. The van der Waals surface area contributed by atoms with E-state index < -0.39 is 5.91 Å². The van der Waals surface area contributed by atoms with E-state index in [1.165, 1.54) is 0 Å². The summed E-state index contributed by atoms with van der Waals surface area (Å²) in [7, 11) is 5.49. The molecule has 0 saturated carbocycles. The van der Waals surface area contributed by atoms with Crippen LogP contribution in [0.5, 0.6) is 5.75 Å². The molecule has 3 aromatic heterocycles. The van der Waals surface area contributed by atoms with Crippen LogP contribution in [-0.4, -0.2) is 49.8 Å². The molecule has 6 aromatic rings. The lowest BCUT2D eigenvalue weighted by molar-refractivity contribution is 0.100. The Morgan fingerprint density at radius 1 is 1.10 bits per heavy atom. The van der Waals surface area contributed by atoms with Crippen LogP contribution >= 0.6 is 0 Å². The number of fused-ring (bicyclic) bond motifs is 2. The normalized spacial score (nSPS) is 11.2. The highest BCUT2D eigenvalue weighted by Gasteiger charge is 2.15. The van der Waals surface area contributed by atoms with E-state index in [4.69, 9.17) is 15.5 Å². The zero-order chi connectivity index (χ0) is 28.0. The Morgan fingerprint density at radius 3 is 2.75 bits per heavy atom. The number of amides is 1. The van der Waals surface area contributed by atoms with Crippen molar-refractivity contribution in [2.75, 3.05) is 24.4 Å². The second-order valence-corrected chi connectivity index (χ2v) is 9.40. The number of primary amides is 1. The number of ether oxygens (including phenoxy) is 1. The number of imidazole rings is 1. The van der Waals surface area contributed by atoms with Crippen molar-refractivity contribution in [3.05, 3.63) is 78.1 Å². The topological polar surface area (TPSA) is 140 Å². The summed E-state index contributed by atoms with van der Waals surface area (Å²) in [4.78, 5) is 30.9. The van der Waals surface area contributed by atoms with Crippen molar-refractivity contribution in [1.82, 2.24) is 29.7 Å². The van der Waals surface area contributed by atoms with E-state index in [-0.39, 0.29) is 0 Å². The first-order chi connectivity index (χ1) is 19.3. The van der Waals surface area contributed by atoms with Crippen LogP contribution in [-0.2, 0) is 7.05 Å². The minimum atomic E-state index is -0.530. The van der Waals surface area contributed by atoms with Gasteiger partial charge in [-0.25, -0.2) is 9.97 Å². The van der Waals surface area contributed by atoms with Crippen molar-refractivity contribution < 1.29 is 9.53 Å². The maximum atomic E-state index is 11.9. The number of aryl methyl sites for hydroxylation is 2. The van der Waals surface area contributed by atoms with Gasteiger partial charge in [0, 0.05) is 42.6 Å². The average Bonchev–Trinajstić information content (AvgIpc) is 3.52. The number of rotatable bonds is 7. The van der Waals surface area contributed by atoms with Crippen molar-refractivity contribution in [3.8, 4) is 17.1 Å². The first kappa shape index (κ1) is 24.9. The Hall–Kier alpha value is -5.45. The van der Waals surface area contributed by atoms with Gasteiger partial charge >= 0.3 is 0 Å². The van der Waals surface area contributed by atoms with E-state index in [1.807, 2.05) is 60.1 Å². The molecule has 0 aliphatic carbocycles. The lowest BCUT2D eigenvalue weighted by atomic mass is 10.1. The second-order valence-electron chi connectivity index (χ2n) is 9.40. The van der Waals surface area contributed by atoms with Crippen LogP contribution < -0.4 is 20.7 Å². The van der Waals surface area contributed by atoms with Crippen LogP contribution in [0.2, 0.25) is 0 Å². The summed E-state index contributed by atoms with van der Waals surface area (Å²) in [6, 6.07) is 18.9. The number of nitrogens with one attached hydrogen (secondary N) is 2. The summed E-state index contributed by atoms with van der Waals surface area (Å²) in [6.45, 7) is 2.05. The van der Waals surface area contributed by atoms with Crippen LogP contribution in [0.4, 0.5) is 23.1 Å². The Morgan fingerprint density at radius 2 is 1.95 bits per heavy atom. The lowest BCUT2D eigenvalue weighted by Gasteiger charge is -2.19. The van der Waals surface area contributed by atoms with Gasteiger partial charge < -0.3 is 25.7 Å². The van der Waals surface area contributed by atoms with Gasteiger partial charge in [0.05, 0.1) is 29.4 Å². The lowest BCUT2D eigenvalue weighted by Crippen LogP contribution is -2.12. The predicted octanol–water partition coefficient (Wildman–Crippen LogP) is 4.83. The van der Waals surface area contributed by atoms with Crippen LogP contribution in [0.15, 0.2) is 66.9 Å². The van der Waals surface area contributed by atoms with E-state index in [1.54, 1.807) is 25.4 Å². The number of aromatic amines is 1. The van der Waals surface area contributed by atoms with E-state index in [0.717, 1.165) is 33.4 Å². The van der Waals surface area contributed by atoms with Gasteiger partial charge in [0.2, 0.25) is 5.95 Å². The molecular weight excluding hydrogens is 506 g/mol. The molecule has 0 aliphatic heterocycles. The maximum absolute atomic E-state index is 11.9. The molecule has 0 radical (unpaired) electrons. The van der Waals surface area contributed by atoms with Gasteiger partial charge in [-0.2, -0.15) is 10.1 Å². The molecule has 0 spiro atoms. The number of hydrogen-bond acceptors (Lipinski definition) is 8. The second kappa shape index (κ2) is 9.70. The molecule has 4 N–H and O–H groups in total. The molecule has 0 bridgehead atoms. The number of anilines is 4. The van der Waals surface area contributed by atoms with Crippen molar-refractivity contribution in [3.63, 3.8) is 0 Å². The van der Waals surface area contributed by atoms with Gasteiger partial charge in [0.25, 0.3) is 5.91 Å². The van der Waals surface area contributed by atoms with Crippen molar-refractivity contribution in [2.45, 2.75) is 6.92 Å². The molecule has 0 unspecified atom stereocenters. The van der Waals surface area contributed by atoms with E-state index >= 15 is 0 Å². The molecule has 3 aromatic carbocycles. The maximum Gasteiger partial charge on any atom is 0.250 e. The minimum absolute atomic E-state index is 0.360. The van der Waals surface area contributed by atoms with E-state index in [2.05, 4.69) is 44.4 Å². The summed E-state index contributed by atoms with van der Waals surface area (Å²) in [5.74, 6) is 1.77. The number of carbonyl (C=O) groups excluding carboxylic acids is 1. The van der Waals surface area contributed by atoms with Gasteiger partial charge in [0.15, 0.2) is 0 Å². The fourth-order valence-corrected chi connectivity index (χ4v) is 4.70. The molecule has 6 rings (SSSR count). The van der Waals surface area contributed by atoms with Gasteiger partial charge in [-0.1, -0.05) is 6.07 Å². The summed E-state index contributed by atoms with van der Waals surface area (Å²) in [6.07, 6.45) is 1.70. The van der Waals surface area contributed by atoms with E-state index in [9.17, 15) is 4.79 Å². The first-order valence-corrected chi connectivity index (χ1v) is 12.6. The van der Waals surface area contributed by atoms with Crippen LogP contribution in [0.25, 0.3) is 33.3 Å². The number of nitrogens with zero attached hydrogens (tertiary/aromatic N) is 6. The third-order valence-electron chi connectivity index (χ3n) is 6.98. The molecule has 200 valence electrons. The molecule has 0 saturated heterocycles. The average molecular weight is 534 g/mol. The number of nitrogens with two attached hydrogens (primary N) is 1. The van der Waals surface area contributed by atoms with Crippen LogP contribution in [0, 0.1) is 6.92 Å². The number of benzene rings is 3. The zero-order valence-corrected chi connectivity index (χ0v) is 22.4. The number of H-pyrrole nitrogens is 1. The Kier molecular flexibility index (Phi) is 6.03. The molecule has 11 heteroatoms. The largest absolute Gasteiger partial charge is 0.495 e. The Labute approximate surface area is 229 Å². The van der Waals surface area contributed by atoms with Gasteiger partial charge in [-0.15, -0.1) is 0 Å². The molecule has 0 aliphatic rings. The van der Waals surface area contributed by atoms with Crippen molar-refractivity contribution >= 4 is 51.0 Å². The Balaban J connectivity index is 1.31. The standard InChI is InChI=1S/C29H27N9O2/c1-16-19-10-9-18(15-22(19)36-38(16)3)37(2)25-12-13-31-29(34-25)33-23-14-17(8-11-24(23)40-4)28-32-21-7-5-6-20(27(30)39)26(21)35-28/h5-15H,1-4H3,(H2,30,39)(H,32,35)(H,31,33,34). The summed E-state index contributed by atoms with van der Waals surface area (Å²) >= 11 is 0. The molecule has 0 atom stereocenters. The number of hydrogen-bond donors (Lipinski definition) is 3. The van der Waals surface area contributed by atoms with Crippen molar-refractivity contribution in [1.29, 1.82) is 0 Å². The Bertz CT molecular complexity index is 1910. The first-order valence-electron chi connectivity index (χ1n) is 12.6. The SMILES string of the molecule is COc1ccc(-c2nc3c(C(N)=O)cccc3[nH]2)cc1Nc1nccc(N(C)c2ccc3c(C)n(C)nc3c2)n1. The smallest absolute Gasteiger partial charge is 0.250 e. The number of aromatic nitrogens is 6.